The van der Waals surface area contributed by atoms with Gasteiger partial charge in [-0.3, -0.25) is 0 Å². The Bertz CT molecular complexity index is 1580. The highest BCUT2D eigenvalue weighted by Crippen LogP contribution is 2.39. The van der Waals surface area contributed by atoms with Gasteiger partial charge in [-0.05, 0) is 53.8 Å². The van der Waals surface area contributed by atoms with E-state index in [1.54, 1.807) is 13.0 Å². The summed E-state index contributed by atoms with van der Waals surface area (Å²) in [6.07, 6.45) is -0.376. The molecule has 4 aromatic rings. The molecule has 0 spiro atoms. The maximum Gasteiger partial charge on any atom is 0.261 e. The third-order valence-electron chi connectivity index (χ3n) is 8.08. The summed E-state index contributed by atoms with van der Waals surface area (Å²) in [5.41, 5.74) is 0.717. The summed E-state index contributed by atoms with van der Waals surface area (Å²) in [5.74, 6) is -2.14. The van der Waals surface area contributed by atoms with Gasteiger partial charge >= 0.3 is 0 Å². The highest BCUT2D eigenvalue weighted by Gasteiger charge is 2.50. The lowest BCUT2D eigenvalue weighted by Gasteiger charge is -2.43. The summed E-state index contributed by atoms with van der Waals surface area (Å²) in [6, 6.07) is 21.9. The second-order valence-electron chi connectivity index (χ2n) is 12.3. The monoisotopic (exact) mass is 636 g/mol. The highest BCUT2D eigenvalue weighted by molar-refractivity contribution is 7.08. The van der Waals surface area contributed by atoms with E-state index in [1.165, 1.54) is 0 Å². The van der Waals surface area contributed by atoms with Gasteiger partial charge in [0.25, 0.3) is 8.32 Å². The van der Waals surface area contributed by atoms with Crippen molar-refractivity contribution in [1.82, 2.24) is 9.59 Å². The third-order valence-corrected chi connectivity index (χ3v) is 13.9. The molecule has 0 saturated carbocycles. The molecule has 1 aromatic heterocycles. The number of aromatic nitrogens is 2. The Hall–Kier alpha value is -3.51. The van der Waals surface area contributed by atoms with Crippen LogP contribution in [0.5, 0.6) is 0 Å². The summed E-state index contributed by atoms with van der Waals surface area (Å²) in [4.78, 5) is 2.19. The van der Waals surface area contributed by atoms with E-state index in [9.17, 15) is 5.21 Å². The summed E-state index contributed by atoms with van der Waals surface area (Å²) >= 11 is 0.954. The molecule has 1 aliphatic rings. The van der Waals surface area contributed by atoms with Gasteiger partial charge < -0.3 is 19.3 Å². The minimum absolute atomic E-state index is 0.00837. The van der Waals surface area contributed by atoms with Crippen LogP contribution in [0.15, 0.2) is 71.9 Å². The molecule has 44 heavy (non-hydrogen) atoms. The van der Waals surface area contributed by atoms with Crippen LogP contribution < -0.4 is 15.3 Å². The van der Waals surface area contributed by atoms with Crippen LogP contribution in [-0.2, 0) is 15.8 Å². The van der Waals surface area contributed by atoms with Gasteiger partial charge in [0.2, 0.25) is 0 Å². The average molecular weight is 637 g/mol. The van der Waals surface area contributed by atoms with Gasteiger partial charge in [0.15, 0.2) is 11.6 Å². The minimum atomic E-state index is -3.03. The van der Waals surface area contributed by atoms with Crippen LogP contribution in [0.1, 0.15) is 56.3 Å². The normalized spacial score (nSPS) is 18.1. The van der Waals surface area contributed by atoms with Crippen LogP contribution in [0, 0.1) is 18.6 Å². The number of anilines is 1. The molecular formula is C33H38F2N4O3SSi. The van der Waals surface area contributed by atoms with Gasteiger partial charge in [-0.2, -0.15) is 0 Å². The van der Waals surface area contributed by atoms with E-state index >= 15 is 8.78 Å². The smallest absolute Gasteiger partial charge is 0.261 e. The van der Waals surface area contributed by atoms with Crippen molar-refractivity contribution in [3.05, 3.63) is 100 Å². The SMILES string of the molecule is Cc1nnsc1/C(=N\O)c1cc(CO[Si](c2ccccc2)(c2ccccc2)C(C)(C)C)c(N2C[C@@H](C)O[C@@H](C)C2)c(F)c1F. The molecule has 0 radical (unpaired) electrons. The Balaban J connectivity index is 1.71. The number of hydrogen-bond donors (Lipinski definition) is 1. The Kier molecular flexibility index (Phi) is 9.31. The molecule has 1 saturated heterocycles. The van der Waals surface area contributed by atoms with Crippen LogP contribution in [0.3, 0.4) is 0 Å². The van der Waals surface area contributed by atoms with Crippen molar-refractivity contribution in [3.8, 4) is 0 Å². The molecule has 3 aromatic carbocycles. The second-order valence-corrected chi connectivity index (χ2v) is 17.4. The first-order valence-electron chi connectivity index (χ1n) is 14.7. The van der Waals surface area contributed by atoms with Crippen LogP contribution in [0.2, 0.25) is 5.04 Å². The van der Waals surface area contributed by atoms with Crippen LogP contribution >= 0.6 is 11.5 Å². The fourth-order valence-electron chi connectivity index (χ4n) is 6.27. The molecule has 2 heterocycles. The standard InChI is InChI=1S/C33H38F2N4O3SSi/c1-21-18-39(19-22(2)42-21)31-24(17-27(28(34)29(31)35)30(37-40)32-23(3)36-38-43-32)20-41-44(33(4,5)6,25-13-9-7-10-14-25)26-15-11-8-12-16-26/h7-17,21-22,40H,18-20H2,1-6H3/b37-30-/t21-,22+. The van der Waals surface area contributed by atoms with E-state index in [4.69, 9.17) is 9.16 Å². The number of halogens is 2. The van der Waals surface area contributed by atoms with E-state index in [1.807, 2.05) is 55.1 Å². The van der Waals surface area contributed by atoms with Gasteiger partial charge in [0.05, 0.1) is 30.2 Å². The van der Waals surface area contributed by atoms with Gasteiger partial charge in [-0.1, -0.05) is 91.1 Å². The fourth-order valence-corrected chi connectivity index (χ4v) is 11.5. The topological polar surface area (TPSA) is 80.1 Å². The lowest BCUT2D eigenvalue weighted by Crippen LogP contribution is -2.66. The van der Waals surface area contributed by atoms with Crippen molar-refractivity contribution >= 4 is 41.6 Å². The molecular weight excluding hydrogens is 599 g/mol. The predicted octanol–water partition coefficient (Wildman–Crippen LogP) is 6.04. The quantitative estimate of drug-likeness (QED) is 0.110. The van der Waals surface area contributed by atoms with Crippen LogP contribution in [0.25, 0.3) is 0 Å². The van der Waals surface area contributed by atoms with Crippen LogP contribution in [0.4, 0.5) is 14.5 Å². The summed E-state index contributed by atoms with van der Waals surface area (Å²) in [6.45, 7) is 12.8. The number of oxime groups is 1. The van der Waals surface area contributed by atoms with E-state index in [-0.39, 0.29) is 40.8 Å². The molecule has 2 atom stereocenters. The van der Waals surface area contributed by atoms with E-state index in [0.29, 0.717) is 29.2 Å². The molecule has 11 heteroatoms. The van der Waals surface area contributed by atoms with Gasteiger partial charge in [-0.15, -0.1) is 5.10 Å². The van der Waals surface area contributed by atoms with Crippen molar-refractivity contribution in [2.45, 2.75) is 65.4 Å². The molecule has 1 aliphatic heterocycles. The number of morpholine rings is 1. The lowest BCUT2D eigenvalue weighted by atomic mass is 10.0. The van der Waals surface area contributed by atoms with Crippen molar-refractivity contribution in [1.29, 1.82) is 0 Å². The van der Waals surface area contributed by atoms with E-state index in [0.717, 1.165) is 21.9 Å². The number of hydrogen-bond acceptors (Lipinski definition) is 8. The first-order valence-corrected chi connectivity index (χ1v) is 17.3. The molecule has 0 bridgehead atoms. The van der Waals surface area contributed by atoms with Gasteiger partial charge in [0, 0.05) is 24.2 Å². The molecule has 0 unspecified atom stereocenters. The van der Waals surface area contributed by atoms with Crippen molar-refractivity contribution < 1.29 is 23.2 Å². The first-order chi connectivity index (χ1) is 21.0. The van der Waals surface area contributed by atoms with Crippen molar-refractivity contribution in [2.75, 3.05) is 18.0 Å². The Morgan fingerprint density at radius 2 is 1.59 bits per heavy atom. The summed E-state index contributed by atoms with van der Waals surface area (Å²) in [7, 11) is -3.03. The maximum absolute atomic E-state index is 16.4. The second kappa shape index (κ2) is 12.8. The zero-order valence-electron chi connectivity index (χ0n) is 25.8. The Labute approximate surface area is 262 Å². The zero-order valence-corrected chi connectivity index (χ0v) is 27.7. The number of nitrogens with zero attached hydrogens (tertiary/aromatic N) is 4. The Morgan fingerprint density at radius 1 is 1.02 bits per heavy atom. The molecule has 232 valence electrons. The number of rotatable bonds is 8. The third kappa shape index (κ3) is 5.93. The molecule has 0 amide bonds. The predicted molar refractivity (Wildman–Crippen MR) is 173 cm³/mol. The zero-order chi connectivity index (χ0) is 31.6. The largest absolute Gasteiger partial charge is 0.410 e. The Morgan fingerprint density at radius 3 is 2.07 bits per heavy atom. The van der Waals surface area contributed by atoms with Crippen molar-refractivity contribution in [2.24, 2.45) is 5.16 Å². The minimum Gasteiger partial charge on any atom is -0.410 e. The fraction of sp³-hybridized carbons (Fsp3) is 0.364. The van der Waals surface area contributed by atoms with E-state index < -0.39 is 20.0 Å². The van der Waals surface area contributed by atoms with Gasteiger partial charge in [0.1, 0.15) is 10.6 Å². The summed E-state index contributed by atoms with van der Waals surface area (Å²) in [5, 5.41) is 19.2. The number of benzene rings is 3. The molecule has 0 aliphatic carbocycles. The molecule has 1 N–H and O–H groups in total. The average Bonchev–Trinajstić information content (AvgIpc) is 3.41. The molecule has 1 fully saturated rings. The van der Waals surface area contributed by atoms with Gasteiger partial charge in [-0.25, -0.2) is 8.78 Å². The lowest BCUT2D eigenvalue weighted by molar-refractivity contribution is -0.00553. The number of aryl methyl sites for hydroxylation is 1. The van der Waals surface area contributed by atoms with Crippen molar-refractivity contribution in [3.63, 3.8) is 0 Å². The highest BCUT2D eigenvalue weighted by atomic mass is 32.1. The molecule has 5 rings (SSSR count). The van der Waals surface area contributed by atoms with Crippen LogP contribution in [-0.4, -0.2) is 54.1 Å². The van der Waals surface area contributed by atoms with E-state index in [2.05, 4.69) is 59.8 Å². The maximum atomic E-state index is 16.4. The summed E-state index contributed by atoms with van der Waals surface area (Å²) < 4.78 is 49.5. The number of ether oxygens (including phenoxy) is 1. The molecule has 7 nitrogen and oxygen atoms in total. The first kappa shape index (κ1) is 31.9.